The van der Waals surface area contributed by atoms with Crippen molar-refractivity contribution in [3.05, 3.63) is 115 Å². The normalized spacial score (nSPS) is 14.2. The molecule has 0 bridgehead atoms. The third kappa shape index (κ3) is 5.45. The van der Waals surface area contributed by atoms with E-state index in [1.807, 2.05) is 0 Å². The van der Waals surface area contributed by atoms with Crippen LogP contribution in [0.5, 0.6) is 5.75 Å². The predicted octanol–water partition coefficient (Wildman–Crippen LogP) is 4.96. The van der Waals surface area contributed by atoms with Crippen LogP contribution < -0.4 is 4.74 Å². The second-order valence-corrected chi connectivity index (χ2v) is 8.45. The summed E-state index contributed by atoms with van der Waals surface area (Å²) in [4.78, 5) is 59.0. The molecule has 0 saturated carbocycles. The molecule has 2 amide bonds. The Morgan fingerprint density at radius 3 is 1.97 bits per heavy atom. The standard InChI is InChI=1S/C24H15N3O8S/c28-22-21(36-24(30)25(22)14-16-1-7-18(8-2-16)26(31)32)13-15-3-11-20(12-4-15)35-23(29)17-5-9-19(10-6-17)27(33)34/h1-13H,14H2/b21-13-. The Hall–Kier alpha value is -4.84. The van der Waals surface area contributed by atoms with Gasteiger partial charge in [0, 0.05) is 24.3 Å². The lowest BCUT2D eigenvalue weighted by Crippen LogP contribution is -2.27. The number of benzene rings is 3. The molecule has 0 spiro atoms. The van der Waals surface area contributed by atoms with Crippen LogP contribution in [0.2, 0.25) is 0 Å². The van der Waals surface area contributed by atoms with Crippen LogP contribution in [-0.2, 0) is 11.3 Å². The van der Waals surface area contributed by atoms with Crippen molar-refractivity contribution in [3.63, 3.8) is 0 Å². The monoisotopic (exact) mass is 505 g/mol. The Balaban J connectivity index is 1.40. The zero-order valence-corrected chi connectivity index (χ0v) is 19.0. The number of non-ortho nitro benzene ring substituents is 2. The number of rotatable bonds is 7. The maximum atomic E-state index is 12.7. The molecule has 12 heteroatoms. The molecular weight excluding hydrogens is 490 g/mol. The highest BCUT2D eigenvalue weighted by molar-refractivity contribution is 8.18. The number of carbonyl (C=O) groups is 3. The summed E-state index contributed by atoms with van der Waals surface area (Å²) in [5.74, 6) is -0.955. The largest absolute Gasteiger partial charge is 0.423 e. The average Bonchev–Trinajstić information content (AvgIpc) is 3.12. The second-order valence-electron chi connectivity index (χ2n) is 7.45. The Morgan fingerprint density at radius 2 is 1.42 bits per heavy atom. The van der Waals surface area contributed by atoms with Gasteiger partial charge in [-0.1, -0.05) is 24.3 Å². The van der Waals surface area contributed by atoms with Gasteiger partial charge in [0.1, 0.15) is 5.75 Å². The quantitative estimate of drug-likeness (QED) is 0.143. The van der Waals surface area contributed by atoms with Gasteiger partial charge < -0.3 is 4.74 Å². The molecule has 3 aromatic rings. The summed E-state index contributed by atoms with van der Waals surface area (Å²) in [6.07, 6.45) is 1.53. The van der Waals surface area contributed by atoms with E-state index in [0.717, 1.165) is 16.7 Å². The van der Waals surface area contributed by atoms with Crippen LogP contribution in [0.1, 0.15) is 21.5 Å². The predicted molar refractivity (Wildman–Crippen MR) is 129 cm³/mol. The average molecular weight is 505 g/mol. The molecule has 11 nitrogen and oxygen atoms in total. The van der Waals surface area contributed by atoms with Crippen LogP contribution in [-0.4, -0.2) is 31.9 Å². The van der Waals surface area contributed by atoms with E-state index in [9.17, 15) is 34.6 Å². The molecule has 0 unspecified atom stereocenters. The van der Waals surface area contributed by atoms with Crippen LogP contribution in [0.25, 0.3) is 6.08 Å². The van der Waals surface area contributed by atoms with Crippen LogP contribution in [0.4, 0.5) is 16.2 Å². The van der Waals surface area contributed by atoms with E-state index in [1.165, 1.54) is 66.7 Å². The number of carbonyl (C=O) groups excluding carboxylic acids is 3. The van der Waals surface area contributed by atoms with E-state index in [-0.39, 0.29) is 34.1 Å². The van der Waals surface area contributed by atoms with Crippen molar-refractivity contribution in [2.45, 2.75) is 6.54 Å². The number of hydrogen-bond acceptors (Lipinski definition) is 9. The Kier molecular flexibility index (Phi) is 6.88. The Morgan fingerprint density at radius 1 is 0.861 bits per heavy atom. The summed E-state index contributed by atoms with van der Waals surface area (Å²) in [7, 11) is 0. The molecule has 36 heavy (non-hydrogen) atoms. The summed E-state index contributed by atoms with van der Waals surface area (Å²) in [5, 5.41) is 21.0. The molecule has 0 radical (unpaired) electrons. The summed E-state index contributed by atoms with van der Waals surface area (Å²) in [6.45, 7) is -0.0163. The molecule has 0 aliphatic carbocycles. The lowest BCUT2D eigenvalue weighted by Gasteiger charge is -2.12. The van der Waals surface area contributed by atoms with Crippen molar-refractivity contribution in [2.75, 3.05) is 0 Å². The lowest BCUT2D eigenvalue weighted by molar-refractivity contribution is -0.385. The highest BCUT2D eigenvalue weighted by Crippen LogP contribution is 2.33. The van der Waals surface area contributed by atoms with Gasteiger partial charge >= 0.3 is 5.97 Å². The van der Waals surface area contributed by atoms with Gasteiger partial charge in [-0.3, -0.25) is 34.7 Å². The molecule has 1 saturated heterocycles. The lowest BCUT2D eigenvalue weighted by atomic mass is 10.2. The number of nitro benzene ring substituents is 2. The van der Waals surface area contributed by atoms with Crippen molar-refractivity contribution in [3.8, 4) is 5.75 Å². The fourth-order valence-corrected chi connectivity index (χ4v) is 4.05. The Bertz CT molecular complexity index is 1400. The Labute approximate surface area is 207 Å². The third-order valence-corrected chi connectivity index (χ3v) is 5.97. The first kappa shape index (κ1) is 24.3. The number of imide groups is 1. The molecule has 1 aliphatic heterocycles. The number of thioether (sulfide) groups is 1. The number of nitro groups is 2. The molecule has 180 valence electrons. The SMILES string of the molecule is O=C(Oc1ccc(/C=C2\SC(=O)N(Cc3ccc([N+](=O)[O-])cc3)C2=O)cc1)c1ccc([N+](=O)[O-])cc1. The van der Waals surface area contributed by atoms with E-state index in [2.05, 4.69) is 0 Å². The summed E-state index contributed by atoms with van der Waals surface area (Å²) >= 11 is 0.776. The van der Waals surface area contributed by atoms with Crippen LogP contribution in [0.3, 0.4) is 0 Å². The van der Waals surface area contributed by atoms with Crippen LogP contribution in [0.15, 0.2) is 77.7 Å². The summed E-state index contributed by atoms with van der Waals surface area (Å²) < 4.78 is 5.26. The first-order valence-electron chi connectivity index (χ1n) is 10.3. The molecule has 0 atom stereocenters. The van der Waals surface area contributed by atoms with Crippen molar-refractivity contribution in [1.82, 2.24) is 4.90 Å². The number of nitrogens with zero attached hydrogens (tertiary/aromatic N) is 3. The minimum absolute atomic E-state index is 0.0163. The number of esters is 1. The van der Waals surface area contributed by atoms with Gasteiger partial charge in [-0.05, 0) is 53.2 Å². The molecule has 3 aromatic carbocycles. The highest BCUT2D eigenvalue weighted by atomic mass is 32.2. The number of amides is 2. The molecule has 0 N–H and O–H groups in total. The second kappa shape index (κ2) is 10.2. The minimum atomic E-state index is -0.690. The van der Waals surface area contributed by atoms with Crippen LogP contribution >= 0.6 is 11.8 Å². The fraction of sp³-hybridized carbons (Fsp3) is 0.0417. The number of ether oxygens (including phenoxy) is 1. The zero-order chi connectivity index (χ0) is 25.8. The van der Waals surface area contributed by atoms with Gasteiger partial charge in [0.15, 0.2) is 0 Å². The van der Waals surface area contributed by atoms with Crippen molar-refractivity contribution in [2.24, 2.45) is 0 Å². The topological polar surface area (TPSA) is 150 Å². The van der Waals surface area contributed by atoms with E-state index in [4.69, 9.17) is 4.74 Å². The minimum Gasteiger partial charge on any atom is -0.423 e. The van der Waals surface area contributed by atoms with Gasteiger partial charge in [0.2, 0.25) is 0 Å². The first-order valence-corrected chi connectivity index (χ1v) is 11.1. The smallest absolute Gasteiger partial charge is 0.343 e. The fourth-order valence-electron chi connectivity index (χ4n) is 3.21. The molecule has 1 aliphatic rings. The number of hydrogen-bond donors (Lipinski definition) is 0. The van der Waals surface area contributed by atoms with Crippen LogP contribution in [0, 0.1) is 20.2 Å². The zero-order valence-electron chi connectivity index (χ0n) is 18.2. The van der Waals surface area contributed by atoms with Gasteiger partial charge in [-0.15, -0.1) is 0 Å². The molecule has 1 heterocycles. The van der Waals surface area contributed by atoms with E-state index < -0.39 is 27.0 Å². The molecule has 1 fully saturated rings. The molecular formula is C24H15N3O8S. The van der Waals surface area contributed by atoms with Gasteiger partial charge in [0.25, 0.3) is 22.5 Å². The summed E-state index contributed by atoms with van der Waals surface area (Å²) in [5.41, 5.74) is 1.07. The summed E-state index contributed by atoms with van der Waals surface area (Å²) in [6, 6.07) is 16.8. The highest BCUT2D eigenvalue weighted by Gasteiger charge is 2.35. The molecule has 0 aromatic heterocycles. The van der Waals surface area contributed by atoms with Gasteiger partial charge in [-0.25, -0.2) is 4.79 Å². The van der Waals surface area contributed by atoms with Gasteiger partial charge in [0.05, 0.1) is 26.9 Å². The maximum Gasteiger partial charge on any atom is 0.343 e. The van der Waals surface area contributed by atoms with Gasteiger partial charge in [-0.2, -0.15) is 0 Å². The van der Waals surface area contributed by atoms with Crippen molar-refractivity contribution in [1.29, 1.82) is 0 Å². The first-order chi connectivity index (χ1) is 17.2. The molecule has 4 rings (SSSR count). The van der Waals surface area contributed by atoms with E-state index in [1.54, 1.807) is 12.1 Å². The van der Waals surface area contributed by atoms with E-state index in [0.29, 0.717) is 11.1 Å². The van der Waals surface area contributed by atoms with E-state index >= 15 is 0 Å². The third-order valence-electron chi connectivity index (χ3n) is 5.06. The maximum absolute atomic E-state index is 12.7. The van der Waals surface area contributed by atoms with Crippen molar-refractivity contribution >= 4 is 46.3 Å². The van der Waals surface area contributed by atoms with Crippen molar-refractivity contribution < 1.29 is 29.0 Å².